The molecule has 0 heterocycles. The van der Waals surface area contributed by atoms with Crippen molar-refractivity contribution in [2.24, 2.45) is 0 Å². The molecule has 0 aliphatic heterocycles. The summed E-state index contributed by atoms with van der Waals surface area (Å²) in [6.45, 7) is 11.0. The van der Waals surface area contributed by atoms with E-state index in [1.165, 1.54) is 11.0 Å². The van der Waals surface area contributed by atoms with Crippen molar-refractivity contribution in [3.05, 3.63) is 47.6 Å². The maximum Gasteiger partial charge on any atom is 0.133 e. The van der Waals surface area contributed by atoms with Crippen LogP contribution in [0.5, 0.6) is 0 Å². The Labute approximate surface area is 88.7 Å². The van der Waals surface area contributed by atoms with Crippen molar-refractivity contribution < 1.29 is 0 Å². The Morgan fingerprint density at radius 1 is 1.43 bits per heavy atom. The van der Waals surface area contributed by atoms with Gasteiger partial charge in [0.1, 0.15) is 7.85 Å². The highest BCUT2D eigenvalue weighted by molar-refractivity contribution is 6.21. The Morgan fingerprint density at radius 2 is 2.07 bits per heavy atom. The van der Waals surface area contributed by atoms with Crippen LogP contribution in [0, 0.1) is 0 Å². The summed E-state index contributed by atoms with van der Waals surface area (Å²) in [4.78, 5) is 0. The van der Waals surface area contributed by atoms with Gasteiger partial charge in [0.15, 0.2) is 0 Å². The monoisotopic (exact) mass is 189 g/mol. The van der Waals surface area contributed by atoms with Crippen LogP contribution in [0.1, 0.15) is 20.8 Å². The Kier molecular flexibility index (Phi) is 6.64. The second kappa shape index (κ2) is 7.25. The summed E-state index contributed by atoms with van der Waals surface area (Å²) in [5, 5.41) is 3.23. The lowest BCUT2D eigenvalue weighted by Crippen LogP contribution is -2.13. The number of hydrogen-bond acceptors (Lipinski definition) is 1. The first-order valence-corrected chi connectivity index (χ1v) is 4.92. The van der Waals surface area contributed by atoms with E-state index in [0.717, 1.165) is 12.2 Å². The average molecular weight is 189 g/mol. The van der Waals surface area contributed by atoms with E-state index in [-0.39, 0.29) is 0 Å². The highest BCUT2D eigenvalue weighted by Crippen LogP contribution is 1.94. The van der Waals surface area contributed by atoms with Crippen LogP contribution in [0.4, 0.5) is 0 Å². The van der Waals surface area contributed by atoms with Crippen molar-refractivity contribution >= 4 is 7.85 Å². The minimum Gasteiger partial charge on any atom is -0.382 e. The average Bonchev–Trinajstić information content (AvgIpc) is 2.13. The van der Waals surface area contributed by atoms with Crippen molar-refractivity contribution in [3.63, 3.8) is 0 Å². The smallest absolute Gasteiger partial charge is 0.133 e. The highest BCUT2D eigenvalue weighted by atomic mass is 14.9. The summed E-state index contributed by atoms with van der Waals surface area (Å²) in [5.74, 6) is 0. The van der Waals surface area contributed by atoms with Gasteiger partial charge >= 0.3 is 0 Å². The summed E-state index contributed by atoms with van der Waals surface area (Å²) in [6, 6.07) is 0. The van der Waals surface area contributed by atoms with Gasteiger partial charge in [-0.3, -0.25) is 0 Å². The second-order valence-corrected chi connectivity index (χ2v) is 3.62. The third-order valence-corrected chi connectivity index (χ3v) is 1.81. The highest BCUT2D eigenvalue weighted by Gasteiger charge is 1.87. The predicted molar refractivity (Wildman–Crippen MR) is 68.0 cm³/mol. The Bertz CT molecular complexity index is 268. The summed E-state index contributed by atoms with van der Waals surface area (Å²) in [7, 11) is 2.07. The Balaban J connectivity index is 3.88. The van der Waals surface area contributed by atoms with Gasteiger partial charge in [-0.25, -0.2) is 0 Å². The normalized spacial score (nSPS) is 13.4. The zero-order valence-corrected chi connectivity index (χ0v) is 9.72. The van der Waals surface area contributed by atoms with E-state index in [4.69, 9.17) is 0 Å². The van der Waals surface area contributed by atoms with Gasteiger partial charge in [-0.2, -0.15) is 0 Å². The molecule has 0 aromatic rings. The second-order valence-electron chi connectivity index (χ2n) is 3.62. The van der Waals surface area contributed by atoms with E-state index >= 15 is 0 Å². The van der Waals surface area contributed by atoms with Gasteiger partial charge in [-0.15, -0.1) is 5.47 Å². The number of allylic oxidation sites excluding steroid dienone is 5. The molecule has 0 aromatic carbocycles. The van der Waals surface area contributed by atoms with Crippen LogP contribution in [-0.2, 0) is 0 Å². The lowest BCUT2D eigenvalue weighted by atomic mass is 9.98. The van der Waals surface area contributed by atoms with Gasteiger partial charge in [0.2, 0.25) is 0 Å². The van der Waals surface area contributed by atoms with Crippen molar-refractivity contribution in [3.8, 4) is 0 Å². The van der Waals surface area contributed by atoms with Gasteiger partial charge in [-0.1, -0.05) is 37.3 Å². The van der Waals surface area contributed by atoms with Crippen LogP contribution in [0.25, 0.3) is 0 Å². The predicted octanol–water partition coefficient (Wildman–Crippen LogP) is 2.15. The largest absolute Gasteiger partial charge is 0.382 e. The van der Waals surface area contributed by atoms with Crippen LogP contribution in [0.3, 0.4) is 0 Å². The zero-order valence-electron chi connectivity index (χ0n) is 9.72. The van der Waals surface area contributed by atoms with Crippen LogP contribution in [-0.4, -0.2) is 14.4 Å². The molecule has 0 unspecified atom stereocenters. The fourth-order valence-electron chi connectivity index (χ4n) is 0.771. The maximum absolute atomic E-state index is 3.90. The van der Waals surface area contributed by atoms with Crippen LogP contribution in [0.15, 0.2) is 47.6 Å². The molecule has 14 heavy (non-hydrogen) atoms. The number of rotatable bonds is 5. The van der Waals surface area contributed by atoms with E-state index in [0.29, 0.717) is 0 Å². The molecule has 1 nitrogen and oxygen atoms in total. The lowest BCUT2D eigenvalue weighted by Gasteiger charge is -2.04. The molecule has 0 amide bonds. The van der Waals surface area contributed by atoms with Gasteiger partial charge in [0.05, 0.1) is 0 Å². The first kappa shape index (κ1) is 12.8. The molecule has 1 N–H and O–H groups in total. The molecule has 0 radical (unpaired) electrons. The molecule has 0 spiro atoms. The van der Waals surface area contributed by atoms with Crippen LogP contribution in [0.2, 0.25) is 0 Å². The molecule has 0 fully saturated rings. The minimum atomic E-state index is 0.870. The minimum absolute atomic E-state index is 0.870. The van der Waals surface area contributed by atoms with Crippen molar-refractivity contribution in [1.82, 2.24) is 5.32 Å². The lowest BCUT2D eigenvalue weighted by molar-refractivity contribution is 0.897. The quantitative estimate of drug-likeness (QED) is 0.397. The maximum atomic E-state index is 3.90. The first-order valence-electron chi connectivity index (χ1n) is 4.92. The van der Waals surface area contributed by atoms with Gasteiger partial charge < -0.3 is 5.32 Å². The van der Waals surface area contributed by atoms with Crippen molar-refractivity contribution in [2.45, 2.75) is 20.8 Å². The molecule has 0 aromatic heterocycles. The van der Waals surface area contributed by atoms with E-state index < -0.39 is 0 Å². The third-order valence-electron chi connectivity index (χ3n) is 1.81. The van der Waals surface area contributed by atoms with Crippen LogP contribution >= 0.6 is 0 Å². The molecule has 0 atom stereocenters. The number of hydrogen-bond donors (Lipinski definition) is 1. The topological polar surface area (TPSA) is 12.0 Å². The molecular formula is C12H20BN. The Hall–Kier alpha value is -1.18. The van der Waals surface area contributed by atoms with Gasteiger partial charge in [0, 0.05) is 12.2 Å². The summed E-state index contributed by atoms with van der Waals surface area (Å²) in [5.41, 5.74) is 3.56. The first-order chi connectivity index (χ1) is 6.56. The van der Waals surface area contributed by atoms with E-state index in [9.17, 15) is 0 Å². The fraction of sp³-hybridized carbons (Fsp3) is 0.333. The van der Waals surface area contributed by atoms with Crippen LogP contribution < -0.4 is 5.32 Å². The molecular weight excluding hydrogens is 169 g/mol. The molecule has 0 aliphatic carbocycles. The molecule has 0 aliphatic rings. The number of nitrogens with one attached hydrogen (secondary N) is 1. The molecule has 0 saturated carbocycles. The molecule has 2 heteroatoms. The summed E-state index contributed by atoms with van der Waals surface area (Å²) < 4.78 is 0. The molecule has 76 valence electrons. The summed E-state index contributed by atoms with van der Waals surface area (Å²) in [6.07, 6.45) is 8.15. The van der Waals surface area contributed by atoms with E-state index in [1.807, 2.05) is 19.1 Å². The fourth-order valence-corrected chi connectivity index (χ4v) is 0.771. The molecule has 0 bridgehead atoms. The van der Waals surface area contributed by atoms with E-state index in [2.05, 4.69) is 45.7 Å². The van der Waals surface area contributed by atoms with Gasteiger partial charge in [0.25, 0.3) is 0 Å². The van der Waals surface area contributed by atoms with Gasteiger partial charge in [-0.05, 0) is 19.9 Å². The summed E-state index contributed by atoms with van der Waals surface area (Å²) >= 11 is 0. The molecule has 0 rings (SSSR count). The third kappa shape index (κ3) is 7.47. The zero-order chi connectivity index (χ0) is 11.0. The standard InChI is InChI=1S/C12H20BN/c1-5-10(2)9-14-12(4)8-6-7-11(3)13/h5-8,14H,4,9,13H2,1-3H3/b8-6-,10-5+,11-7+. The van der Waals surface area contributed by atoms with Crippen molar-refractivity contribution in [1.29, 1.82) is 0 Å². The van der Waals surface area contributed by atoms with Crippen molar-refractivity contribution in [2.75, 3.05) is 6.54 Å². The molecule has 0 saturated heterocycles. The SMILES string of the molecule is B/C(C)=C/C=C\C(=C)NC/C(C)=C/C. The van der Waals surface area contributed by atoms with E-state index in [1.54, 1.807) is 0 Å². The Morgan fingerprint density at radius 3 is 2.57 bits per heavy atom.